The van der Waals surface area contributed by atoms with Gasteiger partial charge >= 0.3 is 0 Å². The summed E-state index contributed by atoms with van der Waals surface area (Å²) in [5, 5.41) is 40.1. The first-order valence-electron chi connectivity index (χ1n) is 32.9. The Bertz CT molecular complexity index is 6340. The molecular weight excluding hydrogens is 1270 g/mol. The second kappa shape index (κ2) is 22.8. The summed E-state index contributed by atoms with van der Waals surface area (Å²) in [7, 11) is 0. The Morgan fingerprint density at radius 1 is 0.235 bits per heavy atom. The summed E-state index contributed by atoms with van der Waals surface area (Å²) in [5.41, 5.74) is 11.7. The minimum atomic E-state index is -0.154. The highest BCUT2D eigenvalue weighted by molar-refractivity contribution is 7.27. The second-order valence-corrected chi connectivity index (χ2v) is 29.5. The molecule has 0 atom stereocenters. The third-order valence-electron chi connectivity index (χ3n) is 20.0. The summed E-state index contributed by atoms with van der Waals surface area (Å²) in [6, 6.07) is 105. The summed E-state index contributed by atoms with van der Waals surface area (Å²) >= 11 is 7.25. The van der Waals surface area contributed by atoms with Crippen LogP contribution in [0.3, 0.4) is 0 Å². The van der Waals surface area contributed by atoms with Gasteiger partial charge in [0.1, 0.15) is 23.0 Å². The van der Waals surface area contributed by atoms with Gasteiger partial charge in [0.15, 0.2) is 0 Å². The molecule has 4 nitrogen and oxygen atoms in total. The molecule has 0 bridgehead atoms. The van der Waals surface area contributed by atoms with Crippen LogP contribution in [0.2, 0.25) is 0 Å². The van der Waals surface area contributed by atoms with Crippen LogP contribution < -0.4 is 9.47 Å². The molecule has 0 saturated heterocycles. The standard InChI is InChI=1S/C90H54O4S4/c91-49-55-47-75(73-31-15-29-71-65-21-7-11-35-81(65)97-89(71)73)85(67-23-3-1-17-57(55)67)93-77-43-39-51-45-53(61-25-13-27-69-63-19-5-9-33-79(63)95-87(61)69)37-41-59(51)83(77)84-60-42-38-54(62-26-14-28-70-64-20-6-10-34-80(64)96-88(62)70)46-52(60)40-44-78(84)94-86-68-24-4-2-18-58(68)56(50-92)48-76(86)74-32-16-30-72-66-22-8-12-36-82(66)98-90(72)74/h1-48,91-92H,49-50H2. The van der Waals surface area contributed by atoms with Gasteiger partial charge in [-0.25, -0.2) is 0 Å². The first kappa shape index (κ1) is 57.2. The summed E-state index contributed by atoms with van der Waals surface area (Å²) in [4.78, 5) is 0. The number of aliphatic hydroxyl groups excluding tert-OH is 2. The third-order valence-corrected chi connectivity index (χ3v) is 24.8. The fourth-order valence-corrected chi connectivity index (χ4v) is 20.4. The number of fused-ring (bicyclic) bond motifs is 16. The number of benzene rings is 16. The smallest absolute Gasteiger partial charge is 0.143 e. The molecule has 2 N–H and O–H groups in total. The van der Waals surface area contributed by atoms with E-state index in [2.05, 4.69) is 279 Å². The second-order valence-electron chi connectivity index (χ2n) is 25.3. The highest BCUT2D eigenvalue weighted by Crippen LogP contribution is 2.55. The monoisotopic (exact) mass is 1330 g/mol. The lowest BCUT2D eigenvalue weighted by molar-refractivity contribution is 0.283. The molecular formula is C90H54O4S4. The van der Waals surface area contributed by atoms with Crippen LogP contribution in [0.25, 0.3) is 179 Å². The summed E-state index contributed by atoms with van der Waals surface area (Å²) in [5.74, 6) is 2.63. The van der Waals surface area contributed by atoms with Gasteiger partial charge in [0, 0.05) is 125 Å². The summed E-state index contributed by atoms with van der Waals surface area (Å²) in [6.45, 7) is -0.309. The van der Waals surface area contributed by atoms with Gasteiger partial charge in [-0.2, -0.15) is 0 Å². The number of rotatable bonds is 11. The van der Waals surface area contributed by atoms with E-state index in [1.54, 1.807) is 22.7 Å². The van der Waals surface area contributed by atoms with Crippen molar-refractivity contribution in [1.29, 1.82) is 0 Å². The van der Waals surface area contributed by atoms with Crippen molar-refractivity contribution in [3.05, 3.63) is 302 Å². The van der Waals surface area contributed by atoms with Crippen molar-refractivity contribution in [1.82, 2.24) is 0 Å². The van der Waals surface area contributed by atoms with Crippen LogP contribution in [0.5, 0.6) is 23.0 Å². The van der Waals surface area contributed by atoms with Crippen LogP contribution in [0.15, 0.2) is 291 Å². The molecule has 20 aromatic rings. The van der Waals surface area contributed by atoms with Gasteiger partial charge in [0.2, 0.25) is 0 Å². The van der Waals surface area contributed by atoms with Gasteiger partial charge in [-0.1, -0.05) is 231 Å². The van der Waals surface area contributed by atoms with E-state index in [0.717, 1.165) is 108 Å². The van der Waals surface area contributed by atoms with Crippen molar-refractivity contribution in [2.24, 2.45) is 0 Å². The molecule has 8 heteroatoms. The highest BCUT2D eigenvalue weighted by Gasteiger charge is 2.28. The Morgan fingerprint density at radius 3 is 0.898 bits per heavy atom. The van der Waals surface area contributed by atoms with Crippen LogP contribution in [0, 0.1) is 0 Å². The molecule has 20 rings (SSSR count). The molecule has 0 radical (unpaired) electrons. The largest absolute Gasteiger partial charge is 0.455 e. The maximum absolute atomic E-state index is 11.4. The number of hydrogen-bond acceptors (Lipinski definition) is 8. The van der Waals surface area contributed by atoms with Gasteiger partial charge in [0.05, 0.1) is 13.2 Å². The first-order chi connectivity index (χ1) is 48.5. The van der Waals surface area contributed by atoms with Crippen LogP contribution in [-0.2, 0) is 13.2 Å². The summed E-state index contributed by atoms with van der Waals surface area (Å²) in [6.07, 6.45) is 0. The number of thiophene rings is 4. The van der Waals surface area contributed by atoms with E-state index in [0.29, 0.717) is 23.0 Å². The summed E-state index contributed by atoms with van der Waals surface area (Å²) < 4.78 is 25.8. The molecule has 0 amide bonds. The topological polar surface area (TPSA) is 58.9 Å². The fraction of sp³-hybridized carbons (Fsp3) is 0.0222. The minimum absolute atomic E-state index is 0.154. The van der Waals surface area contributed by atoms with Crippen molar-refractivity contribution in [2.45, 2.75) is 13.2 Å². The zero-order valence-corrected chi connectivity index (χ0v) is 55.7. The van der Waals surface area contributed by atoms with E-state index < -0.39 is 0 Å². The first-order valence-corrected chi connectivity index (χ1v) is 36.2. The molecule has 4 aromatic heterocycles. The van der Waals surface area contributed by atoms with E-state index in [4.69, 9.17) is 9.47 Å². The fourth-order valence-electron chi connectivity index (χ4n) is 15.5. The zero-order chi connectivity index (χ0) is 64.7. The molecule has 0 aliphatic rings. The van der Waals surface area contributed by atoms with Gasteiger partial charge in [-0.15, -0.1) is 45.3 Å². The van der Waals surface area contributed by atoms with E-state index in [1.165, 1.54) is 82.4 Å². The van der Waals surface area contributed by atoms with Crippen LogP contribution in [0.1, 0.15) is 11.1 Å². The predicted molar refractivity (Wildman–Crippen MR) is 420 cm³/mol. The van der Waals surface area contributed by atoms with Gasteiger partial charge in [-0.3, -0.25) is 0 Å². The average molecular weight is 1330 g/mol. The van der Waals surface area contributed by atoms with Gasteiger partial charge in [-0.05, 0) is 126 Å². The van der Waals surface area contributed by atoms with Crippen molar-refractivity contribution in [3.63, 3.8) is 0 Å². The number of hydrogen-bond donors (Lipinski definition) is 2. The van der Waals surface area contributed by atoms with Crippen LogP contribution in [0.4, 0.5) is 0 Å². The highest BCUT2D eigenvalue weighted by atomic mass is 32.1. The van der Waals surface area contributed by atoms with Gasteiger partial charge in [0.25, 0.3) is 0 Å². The lowest BCUT2D eigenvalue weighted by atomic mass is 9.89. The van der Waals surface area contributed by atoms with Crippen molar-refractivity contribution in [3.8, 4) is 78.6 Å². The molecule has 0 unspecified atom stereocenters. The molecule has 0 spiro atoms. The van der Waals surface area contributed by atoms with E-state index in [9.17, 15) is 10.2 Å². The van der Waals surface area contributed by atoms with Crippen molar-refractivity contribution < 1.29 is 19.7 Å². The molecule has 16 aromatic carbocycles. The quantitative estimate of drug-likeness (QED) is 0.135. The van der Waals surface area contributed by atoms with Crippen LogP contribution >= 0.6 is 45.3 Å². The molecule has 0 aliphatic carbocycles. The Labute approximate surface area is 578 Å². The van der Waals surface area contributed by atoms with Gasteiger partial charge < -0.3 is 19.7 Å². The molecule has 462 valence electrons. The molecule has 98 heavy (non-hydrogen) atoms. The predicted octanol–water partition coefficient (Wildman–Crippen LogP) is 26.7. The maximum Gasteiger partial charge on any atom is 0.143 e. The Kier molecular flexibility index (Phi) is 13.3. The normalized spacial score (nSPS) is 12.1. The number of aliphatic hydroxyl groups is 2. The Hall–Kier alpha value is -11.0. The van der Waals surface area contributed by atoms with E-state index in [-0.39, 0.29) is 13.2 Å². The molecule has 0 saturated carbocycles. The Balaban J connectivity index is 0.885. The SMILES string of the molecule is OCc1cc(-c2cccc3c2sc2ccccc23)c(Oc2ccc3cc(-c4cccc5c4sc4ccccc45)ccc3c2-c2c(Oc3c(-c4cccc5c4sc4ccccc45)cc(CO)c4ccccc34)ccc3cc(-c4cccc5c4sc4ccccc45)ccc23)c2ccccc12. The Morgan fingerprint density at radius 2 is 0.541 bits per heavy atom. The lowest BCUT2D eigenvalue weighted by Gasteiger charge is -2.24. The van der Waals surface area contributed by atoms with Crippen LogP contribution in [-0.4, -0.2) is 10.2 Å². The zero-order valence-electron chi connectivity index (χ0n) is 52.5. The molecule has 0 fully saturated rings. The van der Waals surface area contributed by atoms with E-state index in [1.807, 2.05) is 34.8 Å². The maximum atomic E-state index is 11.4. The lowest BCUT2D eigenvalue weighted by Crippen LogP contribution is -1.99. The minimum Gasteiger partial charge on any atom is -0.455 e. The van der Waals surface area contributed by atoms with Crippen molar-refractivity contribution in [2.75, 3.05) is 0 Å². The molecule has 0 aliphatic heterocycles. The number of ether oxygens (including phenoxy) is 2. The molecule has 4 heterocycles. The average Bonchev–Trinajstić information content (AvgIpc) is 1.11. The third kappa shape index (κ3) is 8.93. The van der Waals surface area contributed by atoms with E-state index >= 15 is 0 Å². The van der Waals surface area contributed by atoms with Crippen molar-refractivity contribution >= 4 is 169 Å².